The largest absolute Gasteiger partial charge is 0.346 e. The first-order valence-corrected chi connectivity index (χ1v) is 8.26. The number of carbonyl (C=O) groups is 2. The summed E-state index contributed by atoms with van der Waals surface area (Å²) in [5.74, 6) is 0.548. The topological polar surface area (TPSA) is 75.4 Å². The van der Waals surface area contributed by atoms with Gasteiger partial charge in [-0.2, -0.15) is 0 Å². The van der Waals surface area contributed by atoms with E-state index in [1.165, 1.54) is 19.3 Å². The van der Waals surface area contributed by atoms with Crippen LogP contribution in [0.5, 0.6) is 0 Å². The quantitative estimate of drug-likeness (QED) is 0.823. The third-order valence-electron chi connectivity index (χ3n) is 5.07. The molecule has 3 unspecified atom stereocenters. The second-order valence-corrected chi connectivity index (χ2v) is 6.99. The number of nitrogens with two attached hydrogens (primary N) is 1. The Balaban J connectivity index is 0.00000242. The Morgan fingerprint density at radius 1 is 1.27 bits per heavy atom. The van der Waals surface area contributed by atoms with Gasteiger partial charge >= 0.3 is 0 Å². The molecule has 1 aliphatic carbocycles. The predicted octanol–water partition coefficient (Wildman–Crippen LogP) is 1.69. The number of fused-ring (bicyclic) bond motifs is 1. The van der Waals surface area contributed by atoms with E-state index in [4.69, 9.17) is 5.73 Å². The van der Waals surface area contributed by atoms with Crippen molar-refractivity contribution in [3.05, 3.63) is 0 Å². The molecule has 0 radical (unpaired) electrons. The molecule has 2 rings (SSSR count). The van der Waals surface area contributed by atoms with Gasteiger partial charge < -0.3 is 16.0 Å². The first-order chi connectivity index (χ1) is 9.91. The normalized spacial score (nSPS) is 28.8. The highest BCUT2D eigenvalue weighted by atomic mass is 35.5. The lowest BCUT2D eigenvalue weighted by Crippen LogP contribution is -2.50. The highest BCUT2D eigenvalue weighted by molar-refractivity contribution is 5.87. The Kier molecular flexibility index (Phi) is 7.13. The van der Waals surface area contributed by atoms with Gasteiger partial charge in [0, 0.05) is 12.1 Å². The minimum Gasteiger partial charge on any atom is -0.346 e. The van der Waals surface area contributed by atoms with Gasteiger partial charge in [-0.15, -0.1) is 12.4 Å². The maximum absolute atomic E-state index is 12.5. The number of nitrogens with zero attached hydrogens (tertiary/aromatic N) is 1. The van der Waals surface area contributed by atoms with Crippen LogP contribution in [0.25, 0.3) is 0 Å². The molecule has 128 valence electrons. The molecule has 4 atom stereocenters. The average molecular weight is 332 g/mol. The molecular formula is C16H30ClN3O2. The monoisotopic (exact) mass is 331 g/mol. The molecule has 2 aliphatic rings. The molecule has 0 bridgehead atoms. The summed E-state index contributed by atoms with van der Waals surface area (Å²) in [4.78, 5) is 26.4. The van der Waals surface area contributed by atoms with Gasteiger partial charge in [0.2, 0.25) is 11.8 Å². The predicted molar refractivity (Wildman–Crippen MR) is 89.7 cm³/mol. The van der Waals surface area contributed by atoms with Gasteiger partial charge in [0.15, 0.2) is 0 Å². The van der Waals surface area contributed by atoms with Crippen molar-refractivity contribution >= 4 is 24.2 Å². The van der Waals surface area contributed by atoms with Crippen molar-refractivity contribution in [1.29, 1.82) is 0 Å². The van der Waals surface area contributed by atoms with Crippen molar-refractivity contribution in [3.63, 3.8) is 0 Å². The van der Waals surface area contributed by atoms with Gasteiger partial charge in [-0.05, 0) is 38.0 Å². The van der Waals surface area contributed by atoms with Gasteiger partial charge in [0.1, 0.15) is 0 Å². The van der Waals surface area contributed by atoms with E-state index in [2.05, 4.69) is 12.2 Å². The van der Waals surface area contributed by atoms with E-state index >= 15 is 0 Å². The van der Waals surface area contributed by atoms with Gasteiger partial charge in [0.25, 0.3) is 0 Å². The van der Waals surface area contributed by atoms with Crippen LogP contribution >= 0.6 is 12.4 Å². The second-order valence-electron chi connectivity index (χ2n) is 6.99. The SMILES string of the molecule is CC(C)[C@H](N)C(=O)NCC(=O)N1C(C)CC2CCCCC21.Cl. The number of likely N-dealkylation sites (tertiary alicyclic amines) is 1. The Morgan fingerprint density at radius 2 is 1.91 bits per heavy atom. The van der Waals surface area contributed by atoms with Gasteiger partial charge in [-0.25, -0.2) is 0 Å². The van der Waals surface area contributed by atoms with Crippen molar-refractivity contribution in [1.82, 2.24) is 10.2 Å². The lowest BCUT2D eigenvalue weighted by atomic mass is 9.85. The fraction of sp³-hybridized carbons (Fsp3) is 0.875. The smallest absolute Gasteiger partial charge is 0.242 e. The fourth-order valence-electron chi connectivity index (χ4n) is 3.81. The number of hydrogen-bond acceptors (Lipinski definition) is 3. The molecule has 6 heteroatoms. The maximum atomic E-state index is 12.5. The molecule has 1 aliphatic heterocycles. The highest BCUT2D eigenvalue weighted by Gasteiger charge is 2.42. The summed E-state index contributed by atoms with van der Waals surface area (Å²) >= 11 is 0. The molecule has 22 heavy (non-hydrogen) atoms. The molecule has 0 aromatic rings. The van der Waals surface area contributed by atoms with Crippen molar-refractivity contribution in [3.8, 4) is 0 Å². The van der Waals surface area contributed by atoms with Gasteiger partial charge in [-0.3, -0.25) is 9.59 Å². The van der Waals surface area contributed by atoms with E-state index in [1.807, 2.05) is 18.7 Å². The summed E-state index contributed by atoms with van der Waals surface area (Å²) in [6, 6.07) is 0.134. The van der Waals surface area contributed by atoms with Crippen LogP contribution in [0.3, 0.4) is 0 Å². The standard InChI is InChI=1S/C16H29N3O2.ClH/c1-10(2)15(17)16(21)18-9-14(20)19-11(3)8-12-6-4-5-7-13(12)19;/h10-13,15H,4-9,17H2,1-3H3,(H,18,21);1H/t11?,12?,13?,15-;/m0./s1. The van der Waals surface area contributed by atoms with E-state index in [0.29, 0.717) is 18.0 Å². The number of hydrogen-bond donors (Lipinski definition) is 2. The highest BCUT2D eigenvalue weighted by Crippen LogP contribution is 2.39. The molecule has 2 fully saturated rings. The Morgan fingerprint density at radius 3 is 2.55 bits per heavy atom. The third kappa shape index (κ3) is 4.13. The van der Waals surface area contributed by atoms with Crippen molar-refractivity contribution in [2.24, 2.45) is 17.6 Å². The van der Waals surface area contributed by atoms with Crippen LogP contribution in [-0.4, -0.2) is 41.4 Å². The van der Waals surface area contributed by atoms with Crippen LogP contribution in [0.1, 0.15) is 52.9 Å². The average Bonchev–Trinajstić information content (AvgIpc) is 2.79. The molecule has 5 nitrogen and oxygen atoms in total. The minimum atomic E-state index is -0.545. The third-order valence-corrected chi connectivity index (χ3v) is 5.07. The Bertz CT molecular complexity index is 403. The van der Waals surface area contributed by atoms with Crippen LogP contribution in [-0.2, 0) is 9.59 Å². The molecule has 0 aromatic heterocycles. The zero-order chi connectivity index (χ0) is 15.6. The summed E-state index contributed by atoms with van der Waals surface area (Å²) in [7, 11) is 0. The Labute approximate surface area is 139 Å². The molecule has 1 saturated carbocycles. The van der Waals surface area contributed by atoms with E-state index in [-0.39, 0.29) is 36.7 Å². The van der Waals surface area contributed by atoms with E-state index in [9.17, 15) is 9.59 Å². The first kappa shape index (κ1) is 19.2. The lowest BCUT2D eigenvalue weighted by molar-refractivity contribution is -0.136. The van der Waals surface area contributed by atoms with Crippen LogP contribution in [0.4, 0.5) is 0 Å². The molecule has 1 heterocycles. The molecule has 1 saturated heterocycles. The fourth-order valence-corrected chi connectivity index (χ4v) is 3.81. The first-order valence-electron chi connectivity index (χ1n) is 8.26. The number of carbonyl (C=O) groups excluding carboxylic acids is 2. The van der Waals surface area contributed by atoms with Gasteiger partial charge in [-0.1, -0.05) is 26.7 Å². The molecule has 2 amide bonds. The number of nitrogens with one attached hydrogen (secondary N) is 1. The summed E-state index contributed by atoms with van der Waals surface area (Å²) in [5.41, 5.74) is 5.80. The van der Waals surface area contributed by atoms with Crippen molar-refractivity contribution < 1.29 is 9.59 Å². The summed E-state index contributed by atoms with van der Waals surface area (Å²) in [6.45, 7) is 6.01. The van der Waals surface area contributed by atoms with E-state index in [0.717, 1.165) is 12.8 Å². The summed E-state index contributed by atoms with van der Waals surface area (Å²) in [5, 5.41) is 2.70. The van der Waals surface area contributed by atoms with Crippen molar-refractivity contribution in [2.45, 2.75) is 71.0 Å². The number of amides is 2. The zero-order valence-corrected chi connectivity index (χ0v) is 14.7. The lowest BCUT2D eigenvalue weighted by Gasteiger charge is -2.33. The summed E-state index contributed by atoms with van der Waals surface area (Å²) < 4.78 is 0. The number of rotatable bonds is 4. The number of halogens is 1. The van der Waals surface area contributed by atoms with Crippen LogP contribution in [0.2, 0.25) is 0 Å². The molecule has 0 spiro atoms. The van der Waals surface area contributed by atoms with Gasteiger partial charge in [0.05, 0.1) is 12.6 Å². The minimum absolute atomic E-state index is 0. The zero-order valence-electron chi connectivity index (χ0n) is 13.9. The Hall–Kier alpha value is -0.810. The molecular weight excluding hydrogens is 302 g/mol. The van der Waals surface area contributed by atoms with Crippen molar-refractivity contribution in [2.75, 3.05) is 6.54 Å². The van der Waals surface area contributed by atoms with Crippen LogP contribution in [0.15, 0.2) is 0 Å². The van der Waals surface area contributed by atoms with E-state index < -0.39 is 6.04 Å². The molecule has 3 N–H and O–H groups in total. The van der Waals surface area contributed by atoms with Crippen LogP contribution in [0, 0.1) is 11.8 Å². The van der Waals surface area contributed by atoms with E-state index in [1.54, 1.807) is 0 Å². The maximum Gasteiger partial charge on any atom is 0.242 e. The van der Waals surface area contributed by atoms with Crippen LogP contribution < -0.4 is 11.1 Å². The summed E-state index contributed by atoms with van der Waals surface area (Å²) in [6.07, 6.45) is 5.96. The second kappa shape index (κ2) is 8.16. The molecule has 0 aromatic carbocycles.